The van der Waals surface area contributed by atoms with Gasteiger partial charge < -0.3 is 10.2 Å². The van der Waals surface area contributed by atoms with Crippen molar-refractivity contribution in [1.29, 1.82) is 0 Å². The molecule has 0 saturated carbocycles. The van der Waals surface area contributed by atoms with Crippen LogP contribution < -0.4 is 5.73 Å². The average Bonchev–Trinajstić information content (AvgIpc) is 2.79. The highest BCUT2D eigenvalue weighted by Gasteiger charge is 2.36. The van der Waals surface area contributed by atoms with Gasteiger partial charge in [-0.05, 0) is 25.1 Å². The Morgan fingerprint density at radius 2 is 2.06 bits per heavy atom. The van der Waals surface area contributed by atoms with Crippen molar-refractivity contribution >= 4 is 0 Å². The van der Waals surface area contributed by atoms with Crippen molar-refractivity contribution in [2.75, 3.05) is 13.1 Å². The topological polar surface area (TPSA) is 42.4 Å². The van der Waals surface area contributed by atoms with Gasteiger partial charge in [0.15, 0.2) is 0 Å². The Bertz CT molecular complexity index is 338. The molecule has 104 valence electrons. The van der Waals surface area contributed by atoms with Crippen LogP contribution in [0.5, 0.6) is 0 Å². The van der Waals surface area contributed by atoms with E-state index in [2.05, 4.69) is 0 Å². The molecule has 0 aromatic carbocycles. The van der Waals surface area contributed by atoms with Crippen molar-refractivity contribution in [3.8, 4) is 0 Å². The summed E-state index contributed by atoms with van der Waals surface area (Å²) in [5.41, 5.74) is 5.93. The van der Waals surface area contributed by atoms with Gasteiger partial charge >= 0.3 is 6.18 Å². The number of hydrogen-bond acceptors (Lipinski definition) is 3. The molecular formula is C12H19F3N2O. The molecule has 0 aliphatic rings. The van der Waals surface area contributed by atoms with E-state index in [0.29, 0.717) is 12.2 Å². The number of furan rings is 1. The number of rotatable bonds is 6. The van der Waals surface area contributed by atoms with Gasteiger partial charge in [-0.2, -0.15) is 13.2 Å². The Morgan fingerprint density at radius 1 is 1.39 bits per heavy atom. The zero-order valence-corrected chi connectivity index (χ0v) is 10.6. The van der Waals surface area contributed by atoms with Crippen LogP contribution >= 0.6 is 0 Å². The molecular weight excluding hydrogens is 245 g/mol. The lowest BCUT2D eigenvalue weighted by atomic mass is 10.0. The Labute approximate surface area is 105 Å². The first-order chi connectivity index (χ1) is 8.39. The molecule has 0 spiro atoms. The lowest BCUT2D eigenvalue weighted by Crippen LogP contribution is -2.44. The molecule has 0 radical (unpaired) electrons. The van der Waals surface area contributed by atoms with Gasteiger partial charge in [-0.15, -0.1) is 0 Å². The summed E-state index contributed by atoms with van der Waals surface area (Å²) >= 11 is 0. The maximum Gasteiger partial charge on any atom is 0.401 e. The lowest BCUT2D eigenvalue weighted by molar-refractivity contribution is -0.152. The Hall–Kier alpha value is -1.01. The van der Waals surface area contributed by atoms with Crippen LogP contribution in [0.4, 0.5) is 13.2 Å². The van der Waals surface area contributed by atoms with E-state index in [0.717, 1.165) is 0 Å². The Balaban J connectivity index is 2.93. The van der Waals surface area contributed by atoms with Crippen LogP contribution in [0.15, 0.2) is 22.8 Å². The van der Waals surface area contributed by atoms with E-state index < -0.39 is 24.8 Å². The molecule has 0 amide bonds. The fourth-order valence-electron chi connectivity index (χ4n) is 1.98. The monoisotopic (exact) mass is 264 g/mol. The van der Waals surface area contributed by atoms with Gasteiger partial charge in [0.25, 0.3) is 0 Å². The molecule has 6 heteroatoms. The minimum atomic E-state index is -4.24. The second kappa shape index (κ2) is 6.24. The molecule has 2 N–H and O–H groups in total. The predicted octanol–water partition coefficient (Wildman–Crippen LogP) is 2.94. The van der Waals surface area contributed by atoms with Gasteiger partial charge in [0.2, 0.25) is 0 Å². The summed E-state index contributed by atoms with van der Waals surface area (Å²) in [7, 11) is 0. The summed E-state index contributed by atoms with van der Waals surface area (Å²) in [5, 5.41) is 0. The van der Waals surface area contributed by atoms with E-state index in [1.165, 1.54) is 11.2 Å². The number of nitrogens with two attached hydrogens (primary N) is 1. The fourth-order valence-corrected chi connectivity index (χ4v) is 1.98. The quantitative estimate of drug-likeness (QED) is 0.859. The van der Waals surface area contributed by atoms with Crippen LogP contribution in [0, 0.1) is 0 Å². The zero-order valence-electron chi connectivity index (χ0n) is 10.6. The van der Waals surface area contributed by atoms with Crippen LogP contribution in [0.2, 0.25) is 0 Å². The highest BCUT2D eigenvalue weighted by molar-refractivity contribution is 5.08. The van der Waals surface area contributed by atoms with Crippen LogP contribution in [0.25, 0.3) is 0 Å². The van der Waals surface area contributed by atoms with Crippen molar-refractivity contribution in [3.05, 3.63) is 24.2 Å². The maximum absolute atomic E-state index is 12.5. The summed E-state index contributed by atoms with van der Waals surface area (Å²) in [5.74, 6) is 0.482. The minimum Gasteiger partial charge on any atom is -0.468 e. The third kappa shape index (κ3) is 4.03. The smallest absolute Gasteiger partial charge is 0.401 e. The highest BCUT2D eigenvalue weighted by Crippen LogP contribution is 2.28. The standard InChI is InChI=1S/C12H19F3N2O/c1-3-9(16)11(10-6-5-7-18-10)17(4-2)8-12(13,14)15/h5-7,9,11H,3-4,8,16H2,1-2H3. The van der Waals surface area contributed by atoms with E-state index in [-0.39, 0.29) is 6.54 Å². The van der Waals surface area contributed by atoms with Gasteiger partial charge in [0.1, 0.15) is 5.76 Å². The molecule has 2 atom stereocenters. The van der Waals surface area contributed by atoms with Crippen molar-refractivity contribution in [2.45, 2.75) is 38.5 Å². The van der Waals surface area contributed by atoms with Gasteiger partial charge in [0, 0.05) is 6.04 Å². The molecule has 0 saturated heterocycles. The summed E-state index contributed by atoms with van der Waals surface area (Å²) in [6.45, 7) is 2.81. The maximum atomic E-state index is 12.5. The highest BCUT2D eigenvalue weighted by atomic mass is 19.4. The second-order valence-electron chi connectivity index (χ2n) is 4.21. The molecule has 0 bridgehead atoms. The van der Waals surface area contributed by atoms with Crippen LogP contribution in [-0.4, -0.2) is 30.2 Å². The van der Waals surface area contributed by atoms with Gasteiger partial charge in [-0.25, -0.2) is 0 Å². The molecule has 2 unspecified atom stereocenters. The van der Waals surface area contributed by atoms with Crippen molar-refractivity contribution in [3.63, 3.8) is 0 Å². The fraction of sp³-hybridized carbons (Fsp3) is 0.667. The van der Waals surface area contributed by atoms with Crippen molar-refractivity contribution < 1.29 is 17.6 Å². The normalized spacial score (nSPS) is 15.9. The average molecular weight is 264 g/mol. The summed E-state index contributed by atoms with van der Waals surface area (Å²) < 4.78 is 42.9. The second-order valence-corrected chi connectivity index (χ2v) is 4.21. The molecule has 3 nitrogen and oxygen atoms in total. The number of alkyl halides is 3. The van der Waals surface area contributed by atoms with Gasteiger partial charge in [-0.1, -0.05) is 13.8 Å². The van der Waals surface area contributed by atoms with Crippen molar-refractivity contribution in [2.24, 2.45) is 5.73 Å². The predicted molar refractivity (Wildman–Crippen MR) is 63.0 cm³/mol. The largest absolute Gasteiger partial charge is 0.468 e. The van der Waals surface area contributed by atoms with E-state index in [4.69, 9.17) is 10.2 Å². The molecule has 1 aromatic heterocycles. The number of nitrogens with zero attached hydrogens (tertiary/aromatic N) is 1. The number of likely N-dealkylation sites (N-methyl/N-ethyl adjacent to an activating group) is 1. The van der Waals surface area contributed by atoms with Crippen LogP contribution in [0.1, 0.15) is 32.1 Å². The van der Waals surface area contributed by atoms with E-state index in [9.17, 15) is 13.2 Å². The van der Waals surface area contributed by atoms with Gasteiger partial charge in [0.05, 0.1) is 18.8 Å². The summed E-state index contributed by atoms with van der Waals surface area (Å²) in [6, 6.07) is 2.39. The number of halogens is 3. The van der Waals surface area contributed by atoms with E-state index in [1.54, 1.807) is 19.1 Å². The molecule has 1 aromatic rings. The van der Waals surface area contributed by atoms with Crippen molar-refractivity contribution in [1.82, 2.24) is 4.90 Å². The summed E-state index contributed by atoms with van der Waals surface area (Å²) in [4.78, 5) is 1.30. The first kappa shape index (κ1) is 15.0. The third-order valence-corrected chi connectivity index (χ3v) is 2.89. The number of hydrogen-bond donors (Lipinski definition) is 1. The van der Waals surface area contributed by atoms with Crippen LogP contribution in [0.3, 0.4) is 0 Å². The molecule has 0 fully saturated rings. The van der Waals surface area contributed by atoms with Gasteiger partial charge in [-0.3, -0.25) is 4.90 Å². The van der Waals surface area contributed by atoms with Crippen LogP contribution in [-0.2, 0) is 0 Å². The molecule has 1 heterocycles. The SMILES string of the molecule is CCC(N)C(c1ccco1)N(CC)CC(F)(F)F. The molecule has 0 aliphatic heterocycles. The third-order valence-electron chi connectivity index (χ3n) is 2.89. The molecule has 18 heavy (non-hydrogen) atoms. The Morgan fingerprint density at radius 3 is 2.44 bits per heavy atom. The van der Waals surface area contributed by atoms with E-state index in [1.807, 2.05) is 6.92 Å². The summed E-state index contributed by atoms with van der Waals surface area (Å²) in [6.07, 6.45) is -2.21. The Kier molecular flexibility index (Phi) is 5.22. The minimum absolute atomic E-state index is 0.262. The van der Waals surface area contributed by atoms with E-state index >= 15 is 0 Å². The molecule has 1 rings (SSSR count). The first-order valence-electron chi connectivity index (χ1n) is 5.98. The lowest BCUT2D eigenvalue weighted by Gasteiger charge is -2.33. The first-order valence-corrected chi connectivity index (χ1v) is 5.98. The zero-order chi connectivity index (χ0) is 13.8. The molecule has 0 aliphatic carbocycles.